The van der Waals surface area contributed by atoms with Gasteiger partial charge in [-0.15, -0.1) is 34.0 Å². The normalized spacial score (nSPS) is 9.88. The molecule has 0 aliphatic carbocycles. The Labute approximate surface area is 165 Å². The Morgan fingerprint density at radius 3 is 1.60 bits per heavy atom. The van der Waals surface area contributed by atoms with E-state index in [2.05, 4.69) is 15.9 Å². The maximum atomic E-state index is 12.6. The van der Waals surface area contributed by atoms with Gasteiger partial charge in [-0.25, -0.2) is 13.2 Å². The Kier molecular flexibility index (Phi) is 10.6. The molecular formula is C17H18BrF3OS3. The monoisotopic (exact) mass is 470 g/mol. The predicted molar refractivity (Wildman–Crippen MR) is 105 cm³/mol. The molecule has 138 valence electrons. The highest BCUT2D eigenvalue weighted by atomic mass is 79.9. The van der Waals surface area contributed by atoms with Crippen LogP contribution in [-0.2, 0) is 19.4 Å². The highest BCUT2D eigenvalue weighted by Crippen LogP contribution is 2.25. The summed E-state index contributed by atoms with van der Waals surface area (Å²) in [6, 6.07) is 4.35. The molecule has 3 heterocycles. The second-order valence-electron chi connectivity index (χ2n) is 4.57. The molecule has 0 bridgehead atoms. The van der Waals surface area contributed by atoms with Gasteiger partial charge in [-0.2, -0.15) is 0 Å². The van der Waals surface area contributed by atoms with Crippen LogP contribution in [-0.4, -0.2) is 5.11 Å². The van der Waals surface area contributed by atoms with Crippen molar-refractivity contribution < 1.29 is 18.3 Å². The zero-order chi connectivity index (χ0) is 18.8. The van der Waals surface area contributed by atoms with Gasteiger partial charge in [-0.05, 0) is 57.7 Å². The number of halogens is 4. The molecule has 0 atom stereocenters. The molecule has 0 aromatic carbocycles. The number of aliphatic hydroxyl groups is 1. The number of hydrogen-bond donors (Lipinski definition) is 1. The van der Waals surface area contributed by atoms with E-state index in [0.29, 0.717) is 4.88 Å². The summed E-state index contributed by atoms with van der Waals surface area (Å²) in [5.74, 6) is -0.454. The van der Waals surface area contributed by atoms with Crippen molar-refractivity contribution in [2.75, 3.05) is 0 Å². The van der Waals surface area contributed by atoms with Gasteiger partial charge in [0, 0.05) is 9.75 Å². The Hall–Kier alpha value is -0.670. The molecule has 25 heavy (non-hydrogen) atoms. The molecule has 0 amide bonds. The van der Waals surface area contributed by atoms with Crippen LogP contribution < -0.4 is 0 Å². The SMILES string of the molecule is CCc1sc(Br)cc1F.CCc1sccc1F.OCc1sccc1F. The largest absolute Gasteiger partial charge is 0.391 e. The minimum Gasteiger partial charge on any atom is -0.391 e. The molecule has 0 saturated heterocycles. The topological polar surface area (TPSA) is 20.2 Å². The molecule has 0 unspecified atom stereocenters. The van der Waals surface area contributed by atoms with E-state index in [-0.39, 0.29) is 24.1 Å². The fourth-order valence-electron chi connectivity index (χ4n) is 1.63. The van der Waals surface area contributed by atoms with E-state index in [9.17, 15) is 13.2 Å². The van der Waals surface area contributed by atoms with E-state index >= 15 is 0 Å². The maximum absolute atomic E-state index is 12.6. The van der Waals surface area contributed by atoms with Crippen molar-refractivity contribution in [2.24, 2.45) is 0 Å². The summed E-state index contributed by atoms with van der Waals surface area (Å²) >= 11 is 7.36. The van der Waals surface area contributed by atoms with Crippen molar-refractivity contribution in [2.45, 2.75) is 33.3 Å². The van der Waals surface area contributed by atoms with E-state index in [4.69, 9.17) is 5.11 Å². The zero-order valence-corrected chi connectivity index (χ0v) is 17.7. The summed E-state index contributed by atoms with van der Waals surface area (Å²) in [5.41, 5.74) is 0. The predicted octanol–water partition coefficient (Wildman–Crippen LogP) is 7.04. The van der Waals surface area contributed by atoms with Crippen LogP contribution in [0.5, 0.6) is 0 Å². The number of hydrogen-bond acceptors (Lipinski definition) is 4. The van der Waals surface area contributed by atoms with Crippen molar-refractivity contribution in [3.05, 3.63) is 64.8 Å². The molecule has 0 spiro atoms. The summed E-state index contributed by atoms with van der Waals surface area (Å²) in [5, 5.41) is 11.8. The Balaban J connectivity index is 0.000000188. The minimum absolute atomic E-state index is 0.0579. The third-order valence-electron chi connectivity index (χ3n) is 2.90. The molecule has 3 rings (SSSR count). The molecule has 0 radical (unpaired) electrons. The number of aryl methyl sites for hydroxylation is 2. The van der Waals surface area contributed by atoms with Crippen LogP contribution >= 0.6 is 49.9 Å². The first kappa shape index (κ1) is 22.4. The maximum Gasteiger partial charge on any atom is 0.139 e. The lowest BCUT2D eigenvalue weighted by molar-refractivity contribution is 0.280. The molecule has 1 nitrogen and oxygen atoms in total. The Bertz CT molecular complexity index is 712. The zero-order valence-electron chi connectivity index (χ0n) is 13.7. The van der Waals surface area contributed by atoms with Crippen LogP contribution in [0.4, 0.5) is 13.2 Å². The van der Waals surface area contributed by atoms with Crippen molar-refractivity contribution in [3.63, 3.8) is 0 Å². The van der Waals surface area contributed by atoms with Gasteiger partial charge in [0.15, 0.2) is 0 Å². The third kappa shape index (κ3) is 7.62. The van der Waals surface area contributed by atoms with Crippen molar-refractivity contribution in [3.8, 4) is 0 Å². The number of thiophene rings is 3. The summed E-state index contributed by atoms with van der Waals surface area (Å²) < 4.78 is 38.0. The van der Waals surface area contributed by atoms with Crippen molar-refractivity contribution >= 4 is 49.9 Å². The lowest BCUT2D eigenvalue weighted by atomic mass is 10.4. The van der Waals surface area contributed by atoms with Gasteiger partial charge >= 0.3 is 0 Å². The standard InChI is InChI=1S/C6H6BrFS.C6H7FS.C5H5FOS/c1-2-5-4(8)3-6(7)9-5;1-2-6-5(7)3-4-8-6;6-4-1-2-8-5(4)3-7/h3H,2H2,1H3;3-4H,2H2,1H3;1-2,7H,3H2. The van der Waals surface area contributed by atoms with E-state index in [0.717, 1.165) is 26.4 Å². The quantitative estimate of drug-likeness (QED) is 0.434. The summed E-state index contributed by atoms with van der Waals surface area (Å²) in [4.78, 5) is 2.08. The average Bonchev–Trinajstić information content (AvgIpc) is 3.28. The molecular weight excluding hydrogens is 453 g/mol. The van der Waals surface area contributed by atoms with E-state index < -0.39 is 0 Å². The molecule has 0 saturated carbocycles. The molecule has 0 aliphatic rings. The van der Waals surface area contributed by atoms with Crippen LogP contribution in [0.25, 0.3) is 0 Å². The van der Waals surface area contributed by atoms with Crippen molar-refractivity contribution in [1.29, 1.82) is 0 Å². The van der Waals surface area contributed by atoms with Gasteiger partial charge in [0.1, 0.15) is 17.5 Å². The third-order valence-corrected chi connectivity index (χ3v) is 6.57. The summed E-state index contributed by atoms with van der Waals surface area (Å²) in [6.07, 6.45) is 1.59. The smallest absolute Gasteiger partial charge is 0.139 e. The summed E-state index contributed by atoms with van der Waals surface area (Å²) in [6.45, 7) is 3.71. The fourth-order valence-corrected chi connectivity index (χ4v) is 4.42. The van der Waals surface area contributed by atoms with Crippen LogP contribution in [0.1, 0.15) is 28.5 Å². The van der Waals surface area contributed by atoms with E-state index in [1.54, 1.807) is 10.8 Å². The van der Waals surface area contributed by atoms with E-state index in [1.165, 1.54) is 52.2 Å². The Morgan fingerprint density at radius 1 is 0.880 bits per heavy atom. The second-order valence-corrected chi connectivity index (χ2v) is 9.09. The molecule has 1 N–H and O–H groups in total. The molecule has 0 aliphatic heterocycles. The van der Waals surface area contributed by atoms with Gasteiger partial charge in [0.2, 0.25) is 0 Å². The van der Waals surface area contributed by atoms with Crippen LogP contribution in [0.15, 0.2) is 32.7 Å². The van der Waals surface area contributed by atoms with Gasteiger partial charge in [-0.1, -0.05) is 13.8 Å². The van der Waals surface area contributed by atoms with Crippen LogP contribution in [0.2, 0.25) is 0 Å². The Morgan fingerprint density at radius 2 is 1.40 bits per heavy atom. The van der Waals surface area contributed by atoms with Crippen LogP contribution in [0.3, 0.4) is 0 Å². The number of rotatable bonds is 3. The fraction of sp³-hybridized carbons (Fsp3) is 0.294. The van der Waals surface area contributed by atoms with Gasteiger partial charge in [0.25, 0.3) is 0 Å². The molecule has 8 heteroatoms. The lowest BCUT2D eigenvalue weighted by Gasteiger charge is -1.83. The molecule has 3 aromatic rings. The van der Waals surface area contributed by atoms with Crippen molar-refractivity contribution in [1.82, 2.24) is 0 Å². The van der Waals surface area contributed by atoms with Gasteiger partial charge in [0.05, 0.1) is 15.3 Å². The summed E-state index contributed by atoms with van der Waals surface area (Å²) in [7, 11) is 0. The highest BCUT2D eigenvalue weighted by molar-refractivity contribution is 9.11. The van der Waals surface area contributed by atoms with Crippen LogP contribution in [0, 0.1) is 17.5 Å². The first-order valence-electron chi connectivity index (χ1n) is 7.41. The second kappa shape index (κ2) is 11.9. The minimum atomic E-state index is -0.308. The van der Waals surface area contributed by atoms with Gasteiger partial charge in [-0.3, -0.25) is 0 Å². The van der Waals surface area contributed by atoms with E-state index in [1.807, 2.05) is 13.8 Å². The molecule has 0 fully saturated rings. The first-order chi connectivity index (χ1) is 11.9. The first-order valence-corrected chi connectivity index (χ1v) is 10.8. The average molecular weight is 471 g/mol. The number of aliphatic hydroxyl groups excluding tert-OH is 1. The molecule has 3 aromatic heterocycles. The van der Waals surface area contributed by atoms with Gasteiger partial charge < -0.3 is 5.11 Å². The highest BCUT2D eigenvalue weighted by Gasteiger charge is 2.03. The lowest BCUT2D eigenvalue weighted by Crippen LogP contribution is -1.77.